The highest BCUT2D eigenvalue weighted by Crippen LogP contribution is 2.41. The monoisotopic (exact) mass is 421 g/mol. The van der Waals surface area contributed by atoms with E-state index in [1.54, 1.807) is 24.3 Å². The first-order chi connectivity index (χ1) is 13.3. The van der Waals surface area contributed by atoms with Gasteiger partial charge in [-0.3, -0.25) is 4.79 Å². The van der Waals surface area contributed by atoms with Crippen LogP contribution >= 0.6 is 11.6 Å². The van der Waals surface area contributed by atoms with Crippen LogP contribution < -0.4 is 0 Å². The molecule has 0 aromatic heterocycles. The zero-order valence-electron chi connectivity index (χ0n) is 15.9. The highest BCUT2D eigenvalue weighted by Gasteiger charge is 2.48. The summed E-state index contributed by atoms with van der Waals surface area (Å²) in [6.07, 6.45) is 0. The van der Waals surface area contributed by atoms with Crippen LogP contribution in [0.25, 0.3) is 0 Å². The highest BCUT2D eigenvalue weighted by atomic mass is 35.5. The molecule has 0 N–H and O–H groups in total. The van der Waals surface area contributed by atoms with E-state index in [1.807, 2.05) is 37.3 Å². The van der Waals surface area contributed by atoms with Gasteiger partial charge in [0.15, 0.2) is 0 Å². The van der Waals surface area contributed by atoms with Crippen molar-refractivity contribution in [3.8, 4) is 0 Å². The summed E-state index contributed by atoms with van der Waals surface area (Å²) in [7, 11) is -3.75. The molecule has 5 nitrogen and oxygen atoms in total. The number of benzene rings is 2. The summed E-state index contributed by atoms with van der Waals surface area (Å²) < 4.78 is 33.5. The van der Waals surface area contributed by atoms with E-state index in [9.17, 15) is 13.2 Å². The van der Waals surface area contributed by atoms with Crippen molar-refractivity contribution < 1.29 is 17.9 Å². The van der Waals surface area contributed by atoms with Gasteiger partial charge >= 0.3 is 5.97 Å². The fraction of sp³-hybridized carbons (Fsp3) is 0.381. The van der Waals surface area contributed by atoms with Crippen LogP contribution in [0.4, 0.5) is 0 Å². The van der Waals surface area contributed by atoms with Gasteiger partial charge in [-0.2, -0.15) is 4.31 Å². The molecule has 150 valence electrons. The molecule has 0 aliphatic carbocycles. The minimum atomic E-state index is -3.75. The molecule has 1 aliphatic heterocycles. The predicted octanol–water partition coefficient (Wildman–Crippen LogP) is 3.57. The van der Waals surface area contributed by atoms with Crippen molar-refractivity contribution in [2.75, 3.05) is 19.0 Å². The first kappa shape index (κ1) is 20.8. The highest BCUT2D eigenvalue weighted by molar-refractivity contribution is 7.89. The maximum Gasteiger partial charge on any atom is 0.302 e. The zero-order valence-corrected chi connectivity index (χ0v) is 17.5. The third-order valence-electron chi connectivity index (χ3n) is 5.17. The maximum absolute atomic E-state index is 13.4. The van der Waals surface area contributed by atoms with Crippen LogP contribution in [0.1, 0.15) is 24.0 Å². The van der Waals surface area contributed by atoms with Gasteiger partial charge in [0.1, 0.15) is 6.61 Å². The fourth-order valence-corrected chi connectivity index (χ4v) is 5.78. The minimum absolute atomic E-state index is 0.00657. The molecule has 3 atom stereocenters. The van der Waals surface area contributed by atoms with Crippen LogP contribution in [0, 0.1) is 12.8 Å². The third kappa shape index (κ3) is 4.24. The van der Waals surface area contributed by atoms with E-state index < -0.39 is 22.0 Å². The fourth-order valence-electron chi connectivity index (χ4n) is 3.80. The summed E-state index contributed by atoms with van der Waals surface area (Å²) >= 11 is 6.23. The van der Waals surface area contributed by atoms with Crippen molar-refractivity contribution in [3.05, 3.63) is 65.7 Å². The largest absolute Gasteiger partial charge is 0.464 e. The lowest BCUT2D eigenvalue weighted by molar-refractivity contribution is -0.142. The lowest BCUT2D eigenvalue weighted by Gasteiger charge is -2.28. The molecular formula is C21H24ClNO4S. The summed E-state index contributed by atoms with van der Waals surface area (Å²) in [5.74, 6) is -0.354. The van der Waals surface area contributed by atoms with Gasteiger partial charge in [0.05, 0.1) is 10.9 Å². The molecule has 1 aliphatic rings. The number of aryl methyl sites for hydroxylation is 1. The van der Waals surface area contributed by atoms with Crippen LogP contribution in [0.3, 0.4) is 0 Å². The topological polar surface area (TPSA) is 63.7 Å². The Labute approximate surface area is 171 Å². The van der Waals surface area contributed by atoms with Gasteiger partial charge in [-0.1, -0.05) is 48.0 Å². The number of hydrogen-bond acceptors (Lipinski definition) is 4. The summed E-state index contributed by atoms with van der Waals surface area (Å²) in [5.41, 5.74) is 1.98. The molecule has 0 bridgehead atoms. The first-order valence-corrected chi connectivity index (χ1v) is 11.1. The number of nitrogens with zero attached hydrogens (tertiary/aromatic N) is 1. The molecule has 3 unspecified atom stereocenters. The van der Waals surface area contributed by atoms with Crippen LogP contribution in [0.2, 0.25) is 0 Å². The lowest BCUT2D eigenvalue weighted by Crippen LogP contribution is -2.40. The maximum atomic E-state index is 13.4. The molecule has 1 fully saturated rings. The van der Waals surface area contributed by atoms with E-state index in [-0.39, 0.29) is 29.9 Å². The number of rotatable bonds is 6. The second-order valence-corrected chi connectivity index (χ2v) is 9.31. The molecule has 0 saturated carbocycles. The van der Waals surface area contributed by atoms with E-state index >= 15 is 0 Å². The number of halogens is 1. The number of carbonyl (C=O) groups is 1. The SMILES string of the molecule is CC(=O)OCC1C(c2ccccc2)C(CCl)CN1S(=O)(=O)c1ccc(C)cc1. The number of alkyl halides is 1. The van der Waals surface area contributed by atoms with E-state index in [0.29, 0.717) is 5.88 Å². The molecule has 1 saturated heterocycles. The Morgan fingerprint density at radius 3 is 2.36 bits per heavy atom. The molecule has 2 aromatic carbocycles. The van der Waals surface area contributed by atoms with Gasteiger partial charge in [-0.05, 0) is 30.5 Å². The van der Waals surface area contributed by atoms with Crippen molar-refractivity contribution in [2.24, 2.45) is 5.92 Å². The smallest absolute Gasteiger partial charge is 0.302 e. The molecular weight excluding hydrogens is 398 g/mol. The standard InChI is InChI=1S/C21H24ClNO4S/c1-15-8-10-19(11-9-15)28(25,26)23-13-18(12-22)21(17-6-4-3-5-7-17)20(23)14-27-16(2)24/h3-11,18,20-21H,12-14H2,1-2H3. The predicted molar refractivity (Wildman–Crippen MR) is 109 cm³/mol. The van der Waals surface area contributed by atoms with Gasteiger partial charge in [-0.25, -0.2) is 8.42 Å². The quantitative estimate of drug-likeness (QED) is 0.528. The summed E-state index contributed by atoms with van der Waals surface area (Å²) in [6, 6.07) is 15.9. The van der Waals surface area contributed by atoms with E-state index in [1.165, 1.54) is 11.2 Å². The van der Waals surface area contributed by atoms with Crippen molar-refractivity contribution in [1.82, 2.24) is 4.31 Å². The molecule has 0 amide bonds. The van der Waals surface area contributed by atoms with Gasteiger partial charge in [0.25, 0.3) is 0 Å². The van der Waals surface area contributed by atoms with E-state index in [0.717, 1.165) is 11.1 Å². The normalized spacial score (nSPS) is 22.9. The van der Waals surface area contributed by atoms with Gasteiger partial charge in [0.2, 0.25) is 10.0 Å². The summed E-state index contributed by atoms with van der Waals surface area (Å²) in [4.78, 5) is 11.7. The van der Waals surface area contributed by atoms with Gasteiger partial charge in [-0.15, -0.1) is 11.6 Å². The summed E-state index contributed by atoms with van der Waals surface area (Å²) in [6.45, 7) is 3.51. The number of hydrogen-bond donors (Lipinski definition) is 0. The summed E-state index contributed by atoms with van der Waals surface area (Å²) in [5, 5.41) is 0. The Morgan fingerprint density at radius 1 is 1.14 bits per heavy atom. The Balaban J connectivity index is 2.03. The van der Waals surface area contributed by atoms with Crippen LogP contribution in [-0.2, 0) is 19.6 Å². The second kappa shape index (κ2) is 8.64. The molecule has 0 spiro atoms. The van der Waals surface area contributed by atoms with Crippen molar-refractivity contribution in [1.29, 1.82) is 0 Å². The van der Waals surface area contributed by atoms with E-state index in [2.05, 4.69) is 0 Å². The van der Waals surface area contributed by atoms with Gasteiger partial charge < -0.3 is 4.74 Å². The second-order valence-electron chi connectivity index (χ2n) is 7.11. The Morgan fingerprint density at radius 2 is 1.79 bits per heavy atom. The average molecular weight is 422 g/mol. The number of ether oxygens (including phenoxy) is 1. The van der Waals surface area contributed by atoms with Crippen LogP contribution in [0.5, 0.6) is 0 Å². The van der Waals surface area contributed by atoms with Crippen molar-refractivity contribution in [3.63, 3.8) is 0 Å². The molecule has 1 heterocycles. The minimum Gasteiger partial charge on any atom is -0.464 e. The van der Waals surface area contributed by atoms with Crippen molar-refractivity contribution in [2.45, 2.75) is 30.7 Å². The van der Waals surface area contributed by atoms with Gasteiger partial charge in [0, 0.05) is 25.3 Å². The molecule has 3 rings (SSSR count). The van der Waals surface area contributed by atoms with Crippen LogP contribution in [0.15, 0.2) is 59.5 Å². The van der Waals surface area contributed by atoms with Crippen molar-refractivity contribution >= 4 is 27.6 Å². The number of esters is 1. The van der Waals surface area contributed by atoms with E-state index in [4.69, 9.17) is 16.3 Å². The Hall–Kier alpha value is -1.89. The Kier molecular flexibility index (Phi) is 6.43. The third-order valence-corrected chi connectivity index (χ3v) is 7.48. The lowest BCUT2D eigenvalue weighted by atomic mass is 9.85. The first-order valence-electron chi connectivity index (χ1n) is 9.17. The molecule has 28 heavy (non-hydrogen) atoms. The molecule has 2 aromatic rings. The average Bonchev–Trinajstić information content (AvgIpc) is 3.06. The molecule has 0 radical (unpaired) electrons. The number of carbonyl (C=O) groups excluding carboxylic acids is 1. The zero-order chi connectivity index (χ0) is 20.3. The van der Waals surface area contributed by atoms with Crippen LogP contribution in [-0.4, -0.2) is 43.8 Å². The molecule has 7 heteroatoms. The Bertz CT molecular complexity index is 915. The number of sulfonamides is 1.